The molecule has 2 aromatic rings. The van der Waals surface area contributed by atoms with Crippen molar-refractivity contribution in [2.45, 2.75) is 26.4 Å². The molecule has 7 heteroatoms. The second-order valence-corrected chi connectivity index (χ2v) is 9.33. The molecular weight excluding hydrogens is 570 g/mol. The number of hydrazine groups is 1. The van der Waals surface area contributed by atoms with Gasteiger partial charge < -0.3 is 4.74 Å². The fourth-order valence-corrected chi connectivity index (χ4v) is 4.59. The van der Waals surface area contributed by atoms with Crippen molar-refractivity contribution >= 4 is 68.8 Å². The van der Waals surface area contributed by atoms with Crippen LogP contribution in [0.2, 0.25) is 0 Å². The van der Waals surface area contributed by atoms with Gasteiger partial charge in [0.1, 0.15) is 16.9 Å². The molecule has 2 aromatic carbocycles. The van der Waals surface area contributed by atoms with E-state index in [1.807, 2.05) is 51.1 Å². The number of carbonyl (C=O) groups is 2. The molecule has 2 amide bonds. The molecule has 1 aliphatic heterocycles. The lowest BCUT2D eigenvalue weighted by atomic mass is 10.1. The van der Waals surface area contributed by atoms with Crippen LogP contribution in [0.4, 0.5) is 5.69 Å². The quantitative estimate of drug-likeness (QED) is 0.326. The van der Waals surface area contributed by atoms with Gasteiger partial charge in [0.05, 0.1) is 12.8 Å². The molecule has 0 atom stereocenters. The Morgan fingerprint density at radius 1 is 1.04 bits per heavy atom. The van der Waals surface area contributed by atoms with Gasteiger partial charge >= 0.3 is 0 Å². The number of nitrogens with zero attached hydrogens (tertiary/aromatic N) is 1. The van der Waals surface area contributed by atoms with Gasteiger partial charge in [-0.15, -0.1) is 0 Å². The van der Waals surface area contributed by atoms with E-state index in [1.54, 1.807) is 18.2 Å². The molecule has 0 saturated carbocycles. The molecule has 5 nitrogen and oxygen atoms in total. The monoisotopic (exact) mass is 588 g/mol. The fourth-order valence-electron chi connectivity index (χ4n) is 2.55. The van der Waals surface area contributed by atoms with E-state index in [9.17, 15) is 9.59 Å². The maximum absolute atomic E-state index is 12.7. The van der Waals surface area contributed by atoms with Crippen molar-refractivity contribution in [1.82, 2.24) is 5.43 Å². The Bertz CT molecular complexity index is 911. The summed E-state index contributed by atoms with van der Waals surface area (Å²) in [6.45, 7) is 5.98. The Kier molecular flexibility index (Phi) is 5.80. The number of hydrogen-bond donors (Lipinski definition) is 1. The van der Waals surface area contributed by atoms with Crippen LogP contribution in [0.1, 0.15) is 26.3 Å². The fraction of sp³-hybridized carbons (Fsp3) is 0.200. The summed E-state index contributed by atoms with van der Waals surface area (Å²) in [7, 11) is 0. The molecule has 0 spiro atoms. The third-order valence-electron chi connectivity index (χ3n) is 3.65. The molecule has 0 radical (unpaired) electrons. The number of halogens is 2. The molecule has 0 aromatic heterocycles. The molecular formula is C20H18I2N2O3. The van der Waals surface area contributed by atoms with Crippen molar-refractivity contribution in [3.05, 3.63) is 60.7 Å². The van der Waals surface area contributed by atoms with E-state index in [-0.39, 0.29) is 17.1 Å². The lowest BCUT2D eigenvalue weighted by molar-refractivity contribution is -0.117. The minimum Gasteiger partial charge on any atom is -0.486 e. The third kappa shape index (κ3) is 4.63. The second-order valence-electron chi connectivity index (χ2n) is 7.00. The first kappa shape index (κ1) is 20.1. The largest absolute Gasteiger partial charge is 0.486 e. The predicted molar refractivity (Wildman–Crippen MR) is 122 cm³/mol. The van der Waals surface area contributed by atoms with Gasteiger partial charge in [-0.2, -0.15) is 0 Å². The molecule has 27 heavy (non-hydrogen) atoms. The SMILES string of the molecule is CC(C)(C)Oc1c(I)cc(/C=C2/C(=O)NN(c3ccccc3)C2=O)cc1I. The van der Waals surface area contributed by atoms with Crippen LogP contribution in [0, 0.1) is 7.14 Å². The van der Waals surface area contributed by atoms with Crippen molar-refractivity contribution in [2.24, 2.45) is 0 Å². The Hall–Kier alpha value is -1.62. The van der Waals surface area contributed by atoms with Crippen LogP contribution in [0.5, 0.6) is 5.75 Å². The van der Waals surface area contributed by atoms with Crippen molar-refractivity contribution in [3.8, 4) is 5.75 Å². The number of amides is 2. The van der Waals surface area contributed by atoms with Gasteiger partial charge in [-0.05, 0) is 102 Å². The minimum atomic E-state index is -0.413. The number of para-hydroxylation sites is 1. The van der Waals surface area contributed by atoms with Crippen molar-refractivity contribution in [1.29, 1.82) is 0 Å². The first-order chi connectivity index (χ1) is 12.7. The minimum absolute atomic E-state index is 0.106. The smallest absolute Gasteiger partial charge is 0.282 e. The standard InChI is InChI=1S/C20H18I2N2O3/c1-20(2,3)27-17-15(21)10-12(11-16(17)22)9-14-18(25)23-24(19(14)26)13-7-5-4-6-8-13/h4-11H,1-3H3,(H,23,25)/b14-9-. The first-order valence-corrected chi connectivity index (χ1v) is 10.4. The number of nitrogens with one attached hydrogen (secondary N) is 1. The summed E-state index contributed by atoms with van der Waals surface area (Å²) in [5.74, 6) is 0.0223. The molecule has 0 unspecified atom stereocenters. The van der Waals surface area contributed by atoms with Crippen LogP contribution in [-0.2, 0) is 9.59 Å². The number of hydrogen-bond acceptors (Lipinski definition) is 3. The molecule has 1 N–H and O–H groups in total. The topological polar surface area (TPSA) is 58.6 Å². The summed E-state index contributed by atoms with van der Waals surface area (Å²) in [6, 6.07) is 12.8. The molecule has 1 fully saturated rings. The number of rotatable bonds is 3. The van der Waals surface area contributed by atoms with Crippen molar-refractivity contribution < 1.29 is 14.3 Å². The highest BCUT2D eigenvalue weighted by molar-refractivity contribution is 14.1. The van der Waals surface area contributed by atoms with Crippen LogP contribution in [0.25, 0.3) is 6.08 Å². The van der Waals surface area contributed by atoms with Gasteiger partial charge in [0, 0.05) is 0 Å². The lowest BCUT2D eigenvalue weighted by Crippen LogP contribution is -2.35. The summed E-state index contributed by atoms with van der Waals surface area (Å²) in [5.41, 5.74) is 3.81. The molecule has 3 rings (SSSR count). The molecule has 1 aliphatic rings. The first-order valence-electron chi connectivity index (χ1n) is 8.26. The van der Waals surface area contributed by atoms with Gasteiger partial charge in [-0.3, -0.25) is 15.0 Å². The molecule has 1 heterocycles. The molecule has 140 valence electrons. The van der Waals surface area contributed by atoms with E-state index in [0.29, 0.717) is 5.69 Å². The van der Waals surface area contributed by atoms with E-state index in [0.717, 1.165) is 18.5 Å². The van der Waals surface area contributed by atoms with Gasteiger partial charge in [0.2, 0.25) is 0 Å². The van der Waals surface area contributed by atoms with E-state index >= 15 is 0 Å². The van der Waals surface area contributed by atoms with Gasteiger partial charge in [0.25, 0.3) is 11.8 Å². The second kappa shape index (κ2) is 7.78. The Labute approximate surface area is 185 Å². The van der Waals surface area contributed by atoms with E-state index in [2.05, 4.69) is 50.6 Å². The lowest BCUT2D eigenvalue weighted by Gasteiger charge is -2.23. The number of anilines is 1. The molecule has 0 bridgehead atoms. The zero-order valence-electron chi connectivity index (χ0n) is 15.0. The zero-order chi connectivity index (χ0) is 19.8. The highest BCUT2D eigenvalue weighted by Crippen LogP contribution is 2.33. The molecule has 1 saturated heterocycles. The normalized spacial score (nSPS) is 16.0. The van der Waals surface area contributed by atoms with Gasteiger partial charge in [0.15, 0.2) is 0 Å². The van der Waals surface area contributed by atoms with E-state index in [1.165, 1.54) is 5.01 Å². The van der Waals surface area contributed by atoms with Crippen LogP contribution >= 0.6 is 45.2 Å². The highest BCUT2D eigenvalue weighted by Gasteiger charge is 2.34. The third-order valence-corrected chi connectivity index (χ3v) is 5.25. The Balaban J connectivity index is 1.93. The molecule has 0 aliphatic carbocycles. The summed E-state index contributed by atoms with van der Waals surface area (Å²) in [4.78, 5) is 25.0. The predicted octanol–water partition coefficient (Wildman–Crippen LogP) is 4.53. The highest BCUT2D eigenvalue weighted by atomic mass is 127. The van der Waals surface area contributed by atoms with Crippen molar-refractivity contribution in [2.75, 3.05) is 5.01 Å². The van der Waals surface area contributed by atoms with E-state index in [4.69, 9.17) is 4.74 Å². The number of carbonyl (C=O) groups excluding carboxylic acids is 2. The average Bonchev–Trinajstić information content (AvgIpc) is 2.86. The maximum Gasteiger partial charge on any atom is 0.282 e. The summed E-state index contributed by atoms with van der Waals surface area (Å²) < 4.78 is 7.86. The Morgan fingerprint density at radius 3 is 2.19 bits per heavy atom. The summed E-state index contributed by atoms with van der Waals surface area (Å²) in [5, 5.41) is 1.27. The zero-order valence-corrected chi connectivity index (χ0v) is 19.4. The van der Waals surface area contributed by atoms with Crippen LogP contribution < -0.4 is 15.2 Å². The van der Waals surface area contributed by atoms with Gasteiger partial charge in [-0.1, -0.05) is 18.2 Å². The van der Waals surface area contributed by atoms with Gasteiger partial charge in [-0.25, -0.2) is 5.01 Å². The number of ether oxygens (including phenoxy) is 1. The van der Waals surface area contributed by atoms with Crippen LogP contribution in [0.15, 0.2) is 48.0 Å². The van der Waals surface area contributed by atoms with E-state index < -0.39 is 5.91 Å². The van der Waals surface area contributed by atoms with Crippen molar-refractivity contribution in [3.63, 3.8) is 0 Å². The number of benzene rings is 2. The summed E-state index contributed by atoms with van der Waals surface area (Å²) >= 11 is 4.41. The average molecular weight is 588 g/mol. The summed E-state index contributed by atoms with van der Waals surface area (Å²) in [6.07, 6.45) is 1.62. The van der Waals surface area contributed by atoms with Crippen LogP contribution in [0.3, 0.4) is 0 Å². The van der Waals surface area contributed by atoms with Crippen LogP contribution in [-0.4, -0.2) is 17.4 Å². The Morgan fingerprint density at radius 2 is 1.63 bits per heavy atom. The maximum atomic E-state index is 12.7.